The zero-order chi connectivity index (χ0) is 69.3. The predicted octanol–water partition coefficient (Wildman–Crippen LogP) is -3.69. The standard InChI is InChI=1S/C65H106O30/c1-25-36(68)41(73)46(78)54(86-25)93-51-30(22-67)89-53(50(82)45(51)77)84-23-31-39(71)44(76)49(81)57(90-31)95-59(83)65-18-16-60(3,4)20-28(65)27-10-11-34-62(7)14-13-35(61(5,6)33(62)12-15-64(34,9)63(27,8)17-19-65)92-58-52(94-55-47(79)42(74)37(69)26(2)87-55)40(72)32(24-85-58)91-56-48(80)43(75)38(70)29(21-66)88-56/h10,25-26,28-58,66-82H,11-24H2,1-9H3/t25-,26-,28-,29+,30+,31+,32-,33-,34+,35-,36-,37-,38+,39+,40-,41+,42+,43-,44-,45+,46+,47+,48+,49+,50+,51+,52+,53+,54-,55-,56-,57-,58-,62+,63-,64-,65+/m0/s1. The van der Waals surface area contributed by atoms with Gasteiger partial charge in [-0.1, -0.05) is 60.1 Å². The first kappa shape index (κ1) is 74.3. The summed E-state index contributed by atoms with van der Waals surface area (Å²) in [6.07, 6.45) is -38.3. The van der Waals surface area contributed by atoms with Gasteiger partial charge in [0.25, 0.3) is 0 Å². The average molecular weight is 1370 g/mol. The minimum atomic E-state index is -1.91. The van der Waals surface area contributed by atoms with Gasteiger partial charge in [0.1, 0.15) is 128 Å². The van der Waals surface area contributed by atoms with Gasteiger partial charge in [-0.25, -0.2) is 0 Å². The second-order valence-electron chi connectivity index (χ2n) is 31.4. The van der Waals surface area contributed by atoms with Crippen LogP contribution >= 0.6 is 0 Å². The van der Waals surface area contributed by atoms with Crippen LogP contribution in [0.2, 0.25) is 0 Å². The summed E-state index contributed by atoms with van der Waals surface area (Å²) >= 11 is 0. The molecule has 4 saturated carbocycles. The van der Waals surface area contributed by atoms with Crippen LogP contribution in [0.25, 0.3) is 0 Å². The quantitative estimate of drug-likeness (QED) is 0.0426. The summed E-state index contributed by atoms with van der Waals surface area (Å²) in [5, 5.41) is 184. The number of aliphatic hydroxyl groups excluding tert-OH is 17. The van der Waals surface area contributed by atoms with Gasteiger partial charge >= 0.3 is 5.97 Å². The molecule has 37 atom stereocenters. The Bertz CT molecular complexity index is 2670. The molecule has 6 aliphatic heterocycles. The molecule has 11 rings (SSSR count). The highest BCUT2D eigenvalue weighted by atomic mass is 16.8. The Hall–Kier alpha value is -1.91. The second-order valence-corrected chi connectivity index (χ2v) is 31.4. The van der Waals surface area contributed by atoms with Gasteiger partial charge in [-0.3, -0.25) is 4.79 Å². The molecule has 30 heteroatoms. The van der Waals surface area contributed by atoms with Crippen LogP contribution in [0.3, 0.4) is 0 Å². The van der Waals surface area contributed by atoms with E-state index >= 15 is 4.79 Å². The first-order valence-electron chi connectivity index (χ1n) is 34.0. The summed E-state index contributed by atoms with van der Waals surface area (Å²) in [6.45, 7) is 16.2. The summed E-state index contributed by atoms with van der Waals surface area (Å²) in [5.74, 6) is -0.696. The van der Waals surface area contributed by atoms with Gasteiger partial charge in [0.05, 0.1) is 50.2 Å². The number of hydrogen-bond acceptors (Lipinski definition) is 30. The van der Waals surface area contributed by atoms with Gasteiger partial charge in [-0.15, -0.1) is 0 Å². The minimum Gasteiger partial charge on any atom is -0.432 e. The maximum absolute atomic E-state index is 15.3. The number of carbonyl (C=O) groups excluding carboxylic acids is 1. The molecule has 0 aromatic rings. The van der Waals surface area contributed by atoms with E-state index in [9.17, 15) is 86.8 Å². The van der Waals surface area contributed by atoms with E-state index in [2.05, 4.69) is 54.5 Å². The van der Waals surface area contributed by atoms with Crippen LogP contribution in [0.15, 0.2) is 11.6 Å². The van der Waals surface area contributed by atoms with E-state index in [4.69, 9.17) is 56.8 Å². The summed E-state index contributed by atoms with van der Waals surface area (Å²) in [7, 11) is 0. The monoisotopic (exact) mass is 1370 g/mol. The highest BCUT2D eigenvalue weighted by Gasteiger charge is 2.71. The molecule has 0 aromatic carbocycles. The zero-order valence-electron chi connectivity index (χ0n) is 55.4. The SMILES string of the molecule is C[C@@H]1O[C@@H](O[C@H]2[C@H](O[C@H]3CC[C@@]4(C)[C@H]5CC=C6[C@@H]7CC(C)(C)CC[C@@]7(C(=O)O[C@@H]7O[C@H](CO[C@@H]8O[C@H](CO)[C@@H](O[C@@H]9O[C@@H](C)[C@H](O)[C@@H](O)[C@H]9O)[C@H](O)[C@H]8O)[C@@H](O)[C@H](O)[C@H]7O)CC[C@]6(C)[C@@]5(C)CC[C@H]4C3(C)C)OC[C@H](O[C@@H]3O[C@H](CO)[C@@H](O)[C@H](O)[C@H]3O)[C@@H]2O)[C@H](O)[C@H](O)[C@H]1O. The van der Waals surface area contributed by atoms with Crippen LogP contribution in [0.4, 0.5) is 0 Å². The van der Waals surface area contributed by atoms with Crippen molar-refractivity contribution in [2.24, 2.45) is 50.2 Å². The Morgan fingerprint density at radius 1 is 0.495 bits per heavy atom. The van der Waals surface area contributed by atoms with E-state index in [1.165, 1.54) is 19.4 Å². The summed E-state index contributed by atoms with van der Waals surface area (Å²) in [6, 6.07) is 0. The number of carbonyl (C=O) groups is 1. The van der Waals surface area contributed by atoms with Crippen LogP contribution in [-0.4, -0.2) is 303 Å². The third-order valence-corrected chi connectivity index (χ3v) is 25.2. The molecule has 0 amide bonds. The van der Waals surface area contributed by atoms with Crippen molar-refractivity contribution < 1.29 is 148 Å². The molecular weight excluding hydrogens is 1260 g/mol. The van der Waals surface area contributed by atoms with Gasteiger partial charge in [-0.05, 0) is 123 Å². The number of hydrogen-bond donors (Lipinski definition) is 17. The van der Waals surface area contributed by atoms with Gasteiger partial charge in [0.2, 0.25) is 6.29 Å². The molecule has 95 heavy (non-hydrogen) atoms. The lowest BCUT2D eigenvalue weighted by atomic mass is 9.33. The molecule has 30 nitrogen and oxygen atoms in total. The zero-order valence-corrected chi connectivity index (χ0v) is 55.4. The molecular formula is C65H106O30. The van der Waals surface area contributed by atoms with E-state index in [0.29, 0.717) is 44.9 Å². The van der Waals surface area contributed by atoms with E-state index < -0.39 is 226 Å². The fourth-order valence-electron chi connectivity index (χ4n) is 19.0. The van der Waals surface area contributed by atoms with Crippen molar-refractivity contribution in [3.8, 4) is 0 Å². The van der Waals surface area contributed by atoms with Crippen molar-refractivity contribution in [3.05, 3.63) is 11.6 Å². The number of allylic oxidation sites excluding steroid dienone is 2. The van der Waals surface area contributed by atoms with Gasteiger partial charge < -0.3 is 144 Å². The van der Waals surface area contributed by atoms with Crippen LogP contribution in [-0.2, 0) is 61.6 Å². The first-order valence-corrected chi connectivity index (χ1v) is 34.0. The van der Waals surface area contributed by atoms with Crippen LogP contribution in [0.1, 0.15) is 127 Å². The number of aliphatic hydroxyl groups is 17. The van der Waals surface area contributed by atoms with Gasteiger partial charge in [0, 0.05) is 0 Å². The van der Waals surface area contributed by atoms with Crippen molar-refractivity contribution in [1.82, 2.24) is 0 Å². The Labute approximate surface area is 551 Å². The number of rotatable bonds is 15. The Kier molecular flexibility index (Phi) is 21.7. The predicted molar refractivity (Wildman–Crippen MR) is 319 cm³/mol. The molecule has 17 N–H and O–H groups in total. The lowest BCUT2D eigenvalue weighted by molar-refractivity contribution is -0.380. The molecule has 0 aromatic heterocycles. The fraction of sp³-hybridized carbons (Fsp3) is 0.954. The van der Waals surface area contributed by atoms with E-state index in [1.807, 2.05) is 0 Å². The molecule has 0 bridgehead atoms. The maximum atomic E-state index is 15.3. The van der Waals surface area contributed by atoms with Crippen LogP contribution in [0.5, 0.6) is 0 Å². The van der Waals surface area contributed by atoms with Gasteiger partial charge in [0.15, 0.2) is 31.5 Å². The highest BCUT2D eigenvalue weighted by Crippen LogP contribution is 2.76. The van der Waals surface area contributed by atoms with Crippen molar-refractivity contribution in [2.45, 2.75) is 311 Å². The van der Waals surface area contributed by atoms with Crippen molar-refractivity contribution in [2.75, 3.05) is 26.4 Å². The number of ether oxygens (including phenoxy) is 12. The van der Waals surface area contributed by atoms with E-state index in [0.717, 1.165) is 19.3 Å². The van der Waals surface area contributed by atoms with Gasteiger partial charge in [-0.2, -0.15) is 0 Å². The Morgan fingerprint density at radius 3 is 1.63 bits per heavy atom. The van der Waals surface area contributed by atoms with Crippen molar-refractivity contribution >= 4 is 5.97 Å². The van der Waals surface area contributed by atoms with Crippen molar-refractivity contribution in [3.63, 3.8) is 0 Å². The topological polar surface area (TPSA) is 472 Å². The largest absolute Gasteiger partial charge is 0.432 e. The lowest BCUT2D eigenvalue weighted by Crippen LogP contribution is -2.66. The summed E-state index contributed by atoms with van der Waals surface area (Å²) in [4.78, 5) is 15.3. The highest BCUT2D eigenvalue weighted by molar-refractivity contribution is 5.79. The minimum absolute atomic E-state index is 0.0735. The molecule has 546 valence electrons. The Balaban J connectivity index is 0.779. The molecule has 11 aliphatic rings. The first-order chi connectivity index (χ1) is 44.5. The normalized spacial score (nSPS) is 54.6. The average Bonchev–Trinajstić information content (AvgIpc) is 0.679. The molecule has 10 fully saturated rings. The fourth-order valence-corrected chi connectivity index (χ4v) is 19.0. The molecule has 6 heterocycles. The Morgan fingerprint density at radius 2 is 1.02 bits per heavy atom. The number of esters is 1. The third-order valence-electron chi connectivity index (χ3n) is 25.2. The molecule has 0 spiro atoms. The summed E-state index contributed by atoms with van der Waals surface area (Å²) < 4.78 is 72.0. The van der Waals surface area contributed by atoms with Crippen LogP contribution in [0, 0.1) is 50.2 Å². The van der Waals surface area contributed by atoms with Crippen molar-refractivity contribution in [1.29, 1.82) is 0 Å². The van der Waals surface area contributed by atoms with E-state index in [1.54, 1.807) is 0 Å². The smallest absolute Gasteiger partial charge is 0.315 e. The number of fused-ring (bicyclic) bond motifs is 7. The lowest BCUT2D eigenvalue weighted by Gasteiger charge is -2.71. The second kappa shape index (κ2) is 27.7. The van der Waals surface area contributed by atoms with E-state index in [-0.39, 0.29) is 40.6 Å². The summed E-state index contributed by atoms with van der Waals surface area (Å²) in [5.41, 5.74) is -1.58. The van der Waals surface area contributed by atoms with Crippen LogP contribution < -0.4 is 0 Å². The maximum Gasteiger partial charge on any atom is 0.315 e. The molecule has 6 saturated heterocycles. The third kappa shape index (κ3) is 12.9. The molecule has 0 unspecified atom stereocenters. The molecule has 0 radical (unpaired) electrons. The molecule has 5 aliphatic carbocycles.